The fourth-order valence-corrected chi connectivity index (χ4v) is 4.18. The molecule has 0 bridgehead atoms. The van der Waals surface area contributed by atoms with E-state index in [9.17, 15) is 37.4 Å². The van der Waals surface area contributed by atoms with Crippen molar-refractivity contribution in [3.8, 4) is 11.5 Å². The zero-order valence-electron chi connectivity index (χ0n) is 19.6. The maximum Gasteiger partial charge on any atom is 0.416 e. The lowest BCUT2D eigenvalue weighted by molar-refractivity contribution is -0.342. The number of nitrogens with two attached hydrogens (primary N) is 1. The minimum absolute atomic E-state index is 0.0495. The van der Waals surface area contributed by atoms with Crippen LogP contribution in [0.25, 0.3) is 21.9 Å². The third-order valence-corrected chi connectivity index (χ3v) is 6.29. The highest BCUT2D eigenvalue weighted by Gasteiger charge is 2.30. The number of rotatable bonds is 9. The number of aryl methyl sites for hydroxylation is 1. The fourth-order valence-electron chi connectivity index (χ4n) is 3.77. The van der Waals surface area contributed by atoms with Crippen LogP contribution in [0.3, 0.4) is 0 Å². The van der Waals surface area contributed by atoms with Gasteiger partial charge in [-0.1, -0.05) is 12.1 Å². The predicted molar refractivity (Wildman–Crippen MR) is 127 cm³/mol. The van der Waals surface area contributed by atoms with Crippen LogP contribution in [0.5, 0.6) is 11.5 Å². The third-order valence-electron chi connectivity index (χ3n) is 5.84. The van der Waals surface area contributed by atoms with Crippen molar-refractivity contribution in [2.24, 2.45) is 5.73 Å². The van der Waals surface area contributed by atoms with Gasteiger partial charge in [0.2, 0.25) is 5.43 Å². The van der Waals surface area contributed by atoms with Gasteiger partial charge >= 0.3 is 6.18 Å². The van der Waals surface area contributed by atoms with E-state index in [1.54, 1.807) is 12.1 Å². The Morgan fingerprint density at radius 2 is 1.71 bits per heavy atom. The topological polar surface area (TPSA) is 158 Å². The summed E-state index contributed by atoms with van der Waals surface area (Å²) in [4.78, 5) is 34.6. The van der Waals surface area contributed by atoms with Crippen LogP contribution < -0.4 is 25.7 Å². The Morgan fingerprint density at radius 1 is 0.974 bits per heavy atom. The number of aliphatic hydroxyl groups is 1. The van der Waals surface area contributed by atoms with Gasteiger partial charge in [-0.3, -0.25) is 4.79 Å². The molecule has 3 N–H and O–H groups in total. The van der Waals surface area contributed by atoms with Gasteiger partial charge in [-0.2, -0.15) is 13.2 Å². The average molecular weight is 551 g/mol. The minimum Gasteiger partial charge on any atom is -0.790 e. The van der Waals surface area contributed by atoms with Crippen molar-refractivity contribution in [3.05, 3.63) is 82.0 Å². The third kappa shape index (κ3) is 6.60. The molecule has 4 aromatic rings. The van der Waals surface area contributed by atoms with Crippen LogP contribution in [0, 0.1) is 0 Å². The normalized spacial score (nSPS) is 14.1. The summed E-state index contributed by atoms with van der Waals surface area (Å²) >= 11 is 0. The molecule has 13 heteroatoms. The summed E-state index contributed by atoms with van der Waals surface area (Å²) in [6, 6.07) is 13.4. The molecule has 4 rings (SSSR count). The predicted octanol–water partition coefficient (Wildman–Crippen LogP) is 3.23. The van der Waals surface area contributed by atoms with E-state index >= 15 is 0 Å². The average Bonchev–Trinajstić information content (AvgIpc) is 2.86. The van der Waals surface area contributed by atoms with Gasteiger partial charge in [0.1, 0.15) is 22.7 Å². The Bertz CT molecular complexity index is 1580. The number of phosphoric acid groups is 1. The molecule has 0 spiro atoms. The van der Waals surface area contributed by atoms with Crippen molar-refractivity contribution in [2.75, 3.05) is 13.2 Å². The molecule has 1 unspecified atom stereocenters. The van der Waals surface area contributed by atoms with Crippen LogP contribution in [-0.2, 0) is 21.7 Å². The molecular weight excluding hydrogens is 530 g/mol. The number of phosphoric ester groups is 1. The molecule has 1 atom stereocenters. The Morgan fingerprint density at radius 3 is 2.39 bits per heavy atom. The van der Waals surface area contributed by atoms with Crippen molar-refractivity contribution in [1.82, 2.24) is 0 Å². The van der Waals surface area contributed by atoms with E-state index in [4.69, 9.17) is 14.9 Å². The highest BCUT2D eigenvalue weighted by atomic mass is 31.2. The molecule has 0 aliphatic rings. The van der Waals surface area contributed by atoms with Crippen LogP contribution in [-0.4, -0.2) is 23.9 Å². The van der Waals surface area contributed by atoms with Gasteiger partial charge in [-0.25, -0.2) is 0 Å². The van der Waals surface area contributed by atoms with Gasteiger partial charge < -0.3 is 38.9 Å². The molecule has 0 aliphatic heterocycles. The Hall–Kier alpha value is -3.25. The molecule has 1 aromatic heterocycles. The summed E-state index contributed by atoms with van der Waals surface area (Å²) in [6.07, 6.45) is -4.23. The van der Waals surface area contributed by atoms with E-state index in [0.29, 0.717) is 5.56 Å². The monoisotopic (exact) mass is 551 g/mol. The summed E-state index contributed by atoms with van der Waals surface area (Å²) in [7, 11) is -5.26. The molecule has 0 aliphatic carbocycles. The maximum absolute atomic E-state index is 13.1. The molecule has 0 radical (unpaired) electrons. The Kier molecular flexibility index (Phi) is 7.67. The van der Waals surface area contributed by atoms with Crippen LogP contribution in [0.2, 0.25) is 0 Å². The summed E-state index contributed by atoms with van der Waals surface area (Å²) < 4.78 is 65.3. The van der Waals surface area contributed by atoms with E-state index in [1.807, 2.05) is 0 Å². The van der Waals surface area contributed by atoms with E-state index in [2.05, 4.69) is 4.52 Å². The number of alkyl halides is 3. The smallest absolute Gasteiger partial charge is 0.416 e. The Balaban J connectivity index is 1.57. The molecule has 0 saturated carbocycles. The van der Waals surface area contributed by atoms with Crippen molar-refractivity contribution in [1.29, 1.82) is 0 Å². The first-order chi connectivity index (χ1) is 17.8. The first-order valence-corrected chi connectivity index (χ1v) is 12.6. The minimum atomic E-state index is -5.26. The number of benzene rings is 3. The molecule has 1 heterocycles. The van der Waals surface area contributed by atoms with Gasteiger partial charge in [-0.05, 0) is 66.9 Å². The second-order valence-corrected chi connectivity index (χ2v) is 9.94. The molecule has 0 saturated heterocycles. The number of hydrogen-bond donors (Lipinski definition) is 2. The maximum atomic E-state index is 13.1. The zero-order chi connectivity index (χ0) is 27.7. The van der Waals surface area contributed by atoms with Crippen LogP contribution in [0.15, 0.2) is 69.9 Å². The molecule has 0 amide bonds. The SMILES string of the molecule is NC(CO)(CCc1ccc2c(=O)c3cc(Oc4cccc(C(F)(F)F)c4)ccc3oc2c1)COP(=O)([O-])[O-]. The quantitative estimate of drug-likeness (QED) is 0.235. The zero-order valence-corrected chi connectivity index (χ0v) is 20.5. The lowest BCUT2D eigenvalue weighted by Gasteiger charge is -2.34. The molecule has 202 valence electrons. The van der Waals surface area contributed by atoms with Crippen LogP contribution >= 0.6 is 7.82 Å². The van der Waals surface area contributed by atoms with Gasteiger partial charge in [0, 0.05) is 0 Å². The second-order valence-electron chi connectivity index (χ2n) is 8.79. The van der Waals surface area contributed by atoms with Crippen LogP contribution in [0.1, 0.15) is 17.5 Å². The molecule has 9 nitrogen and oxygen atoms in total. The number of aliphatic hydroxyl groups excluding tert-OH is 1. The van der Waals surface area contributed by atoms with E-state index in [-0.39, 0.29) is 51.7 Å². The van der Waals surface area contributed by atoms with E-state index in [1.165, 1.54) is 36.4 Å². The standard InChI is InChI=1S/C25H23F3NO8P/c26-25(27,28)16-2-1-3-17(11-16)36-18-5-7-21-20(12-18)23(31)19-6-4-15(10-22(19)37-21)8-9-24(29,13-30)14-35-38(32,33)34/h1-7,10-12,30H,8-9,13-14,29H2,(H2,32,33,34)/p-2. The number of ether oxygens (including phenoxy) is 1. The fraction of sp³-hybridized carbons (Fsp3) is 0.240. The highest BCUT2D eigenvalue weighted by molar-refractivity contribution is 7.43. The summed E-state index contributed by atoms with van der Waals surface area (Å²) in [6.45, 7) is -1.32. The van der Waals surface area contributed by atoms with Gasteiger partial charge in [0.05, 0.1) is 42.9 Å². The summed E-state index contributed by atoms with van der Waals surface area (Å²) in [5.74, 6) is 0.0953. The van der Waals surface area contributed by atoms with E-state index in [0.717, 1.165) is 12.1 Å². The van der Waals surface area contributed by atoms with E-state index < -0.39 is 38.3 Å². The molecule has 0 fully saturated rings. The lowest BCUT2D eigenvalue weighted by atomic mass is 9.93. The first kappa shape index (κ1) is 27.8. The number of hydrogen-bond acceptors (Lipinski definition) is 9. The van der Waals surface area contributed by atoms with Crippen molar-refractivity contribution >= 4 is 29.8 Å². The largest absolute Gasteiger partial charge is 0.790 e. The first-order valence-electron chi connectivity index (χ1n) is 11.2. The highest BCUT2D eigenvalue weighted by Crippen LogP contribution is 2.33. The summed E-state index contributed by atoms with van der Waals surface area (Å²) in [5, 5.41) is 9.93. The van der Waals surface area contributed by atoms with Crippen molar-refractivity contribution in [3.63, 3.8) is 0 Å². The number of fused-ring (bicyclic) bond motifs is 2. The van der Waals surface area contributed by atoms with Gasteiger partial charge in [0.15, 0.2) is 0 Å². The number of halogens is 3. The second kappa shape index (κ2) is 10.5. The van der Waals surface area contributed by atoms with Crippen LogP contribution in [0.4, 0.5) is 13.2 Å². The summed E-state index contributed by atoms with van der Waals surface area (Å²) in [5.41, 5.74) is 4.32. The van der Waals surface area contributed by atoms with Crippen molar-refractivity contribution in [2.45, 2.75) is 24.6 Å². The lowest BCUT2D eigenvalue weighted by Crippen LogP contribution is -2.49. The molecule has 3 aromatic carbocycles. The van der Waals surface area contributed by atoms with Gasteiger partial charge in [0.25, 0.3) is 0 Å². The Labute approximate surface area is 213 Å². The van der Waals surface area contributed by atoms with Gasteiger partial charge in [-0.15, -0.1) is 0 Å². The van der Waals surface area contributed by atoms with Crippen molar-refractivity contribution < 1.29 is 46.3 Å². The molecule has 38 heavy (non-hydrogen) atoms. The molecular formula is C25H21F3NO8P-2.